The summed E-state index contributed by atoms with van der Waals surface area (Å²) < 4.78 is 34.7. The van der Waals surface area contributed by atoms with Crippen LogP contribution in [-0.4, -0.2) is 38.8 Å². The van der Waals surface area contributed by atoms with Gasteiger partial charge in [-0.2, -0.15) is 0 Å². The number of hydrogen-bond donors (Lipinski definition) is 0. The lowest BCUT2D eigenvalue weighted by Crippen LogP contribution is -2.14. The maximum atomic E-state index is 12.0. The molecule has 0 amide bonds. The minimum atomic E-state index is -3.86. The fourth-order valence-electron chi connectivity index (χ4n) is 1.92. The topological polar surface area (TPSA) is 74.6 Å². The molecule has 1 aliphatic carbocycles. The molecule has 8 heteroatoms. The Morgan fingerprint density at radius 1 is 1.38 bits per heavy atom. The van der Waals surface area contributed by atoms with Crippen LogP contribution in [0.5, 0.6) is 0 Å². The molecule has 1 heterocycles. The highest BCUT2D eigenvalue weighted by molar-refractivity contribution is 8.13. The van der Waals surface area contributed by atoms with E-state index in [4.69, 9.17) is 20.2 Å². The summed E-state index contributed by atoms with van der Waals surface area (Å²) in [6, 6.07) is 1.41. The van der Waals surface area contributed by atoms with Crippen LogP contribution in [0.1, 0.15) is 42.7 Å². The smallest absolute Gasteiger partial charge is 0.355 e. The first-order valence-corrected chi connectivity index (χ1v) is 9.16. The molecule has 0 unspecified atom stereocenters. The lowest BCUT2D eigenvalue weighted by atomic mass is 10.4. The predicted octanol–water partition coefficient (Wildman–Crippen LogP) is 2.33. The van der Waals surface area contributed by atoms with Gasteiger partial charge in [-0.15, -0.1) is 0 Å². The van der Waals surface area contributed by atoms with Crippen LogP contribution in [0.2, 0.25) is 0 Å². The van der Waals surface area contributed by atoms with Gasteiger partial charge in [0.25, 0.3) is 9.05 Å². The van der Waals surface area contributed by atoms with Gasteiger partial charge in [0, 0.05) is 29.5 Å². The molecule has 0 saturated heterocycles. The molecule has 0 N–H and O–H groups in total. The highest BCUT2D eigenvalue weighted by Gasteiger charge is 2.30. The molecular formula is C13H18ClNO5S. The molecule has 1 aliphatic rings. The molecule has 0 spiro atoms. The summed E-state index contributed by atoms with van der Waals surface area (Å²) in [5.74, 6) is -0.562. The van der Waals surface area contributed by atoms with Crippen molar-refractivity contribution in [3.63, 3.8) is 0 Å². The molecule has 1 aromatic rings. The maximum Gasteiger partial charge on any atom is 0.355 e. The molecule has 1 aromatic heterocycles. The summed E-state index contributed by atoms with van der Waals surface area (Å²) >= 11 is 0. The third kappa shape index (κ3) is 4.46. The zero-order valence-electron chi connectivity index (χ0n) is 11.7. The third-order valence-corrected chi connectivity index (χ3v) is 4.38. The van der Waals surface area contributed by atoms with Crippen molar-refractivity contribution >= 4 is 25.7 Å². The van der Waals surface area contributed by atoms with E-state index in [0.29, 0.717) is 13.2 Å². The zero-order valence-corrected chi connectivity index (χ0v) is 13.3. The average Bonchev–Trinajstić information content (AvgIpc) is 3.15. The number of aromatic nitrogens is 1. The molecule has 1 fully saturated rings. The van der Waals surface area contributed by atoms with Crippen LogP contribution in [-0.2, 0) is 18.5 Å². The number of esters is 1. The first-order valence-electron chi connectivity index (χ1n) is 6.85. The van der Waals surface area contributed by atoms with Gasteiger partial charge in [0.2, 0.25) is 0 Å². The van der Waals surface area contributed by atoms with E-state index in [-0.39, 0.29) is 23.2 Å². The summed E-state index contributed by atoms with van der Waals surface area (Å²) in [6.45, 7) is 3.06. The van der Waals surface area contributed by atoms with E-state index in [9.17, 15) is 13.2 Å². The van der Waals surface area contributed by atoms with Crippen LogP contribution < -0.4 is 0 Å². The molecule has 0 bridgehead atoms. The Bertz CT molecular complexity index is 606. The standard InChI is InChI=1S/C13H18ClNO5S/c1-2-5-19-6-7-20-13(16)12-8-11(21(14,17)18)9-15(12)10-3-4-10/h8-10H,2-7H2,1H3. The average molecular weight is 336 g/mol. The zero-order chi connectivity index (χ0) is 15.5. The van der Waals surface area contributed by atoms with Crippen LogP contribution >= 0.6 is 10.7 Å². The van der Waals surface area contributed by atoms with Gasteiger partial charge in [0.05, 0.1) is 6.61 Å². The van der Waals surface area contributed by atoms with Crippen LogP contribution in [0.25, 0.3) is 0 Å². The number of carbonyl (C=O) groups excluding carboxylic acids is 1. The maximum absolute atomic E-state index is 12.0. The van der Waals surface area contributed by atoms with Crippen LogP contribution in [0.4, 0.5) is 0 Å². The first-order chi connectivity index (χ1) is 9.93. The molecule has 0 atom stereocenters. The molecule has 2 rings (SSSR count). The van der Waals surface area contributed by atoms with Crippen molar-refractivity contribution in [2.75, 3.05) is 19.8 Å². The van der Waals surface area contributed by atoms with Gasteiger partial charge in [0.15, 0.2) is 0 Å². The van der Waals surface area contributed by atoms with Crippen molar-refractivity contribution in [3.8, 4) is 0 Å². The van der Waals surface area contributed by atoms with Gasteiger partial charge >= 0.3 is 5.97 Å². The minimum absolute atomic E-state index is 0.0785. The number of ether oxygens (including phenoxy) is 2. The highest BCUT2D eigenvalue weighted by Crippen LogP contribution is 2.37. The normalized spacial score (nSPS) is 15.1. The summed E-state index contributed by atoms with van der Waals surface area (Å²) in [5, 5.41) is 0. The number of hydrogen-bond acceptors (Lipinski definition) is 5. The van der Waals surface area contributed by atoms with Gasteiger partial charge in [-0.3, -0.25) is 0 Å². The molecule has 6 nitrogen and oxygen atoms in total. The van der Waals surface area contributed by atoms with Gasteiger partial charge in [-0.05, 0) is 25.3 Å². The second-order valence-corrected chi connectivity index (χ2v) is 7.45. The van der Waals surface area contributed by atoms with E-state index in [1.807, 2.05) is 6.92 Å². The van der Waals surface area contributed by atoms with Gasteiger partial charge < -0.3 is 14.0 Å². The molecule has 0 radical (unpaired) electrons. The fourth-order valence-corrected chi connectivity index (χ4v) is 2.66. The number of nitrogens with zero attached hydrogens (tertiary/aromatic N) is 1. The Hall–Kier alpha value is -1.05. The van der Waals surface area contributed by atoms with E-state index in [0.717, 1.165) is 19.3 Å². The number of halogens is 1. The molecule has 0 aliphatic heterocycles. The summed E-state index contributed by atoms with van der Waals surface area (Å²) in [6.07, 6.45) is 4.12. The summed E-state index contributed by atoms with van der Waals surface area (Å²) in [4.78, 5) is 12.0. The number of rotatable bonds is 8. The largest absolute Gasteiger partial charge is 0.459 e. The summed E-state index contributed by atoms with van der Waals surface area (Å²) in [7, 11) is 1.46. The third-order valence-electron chi connectivity index (χ3n) is 3.06. The molecule has 118 valence electrons. The van der Waals surface area contributed by atoms with Crippen molar-refractivity contribution in [1.29, 1.82) is 0 Å². The van der Waals surface area contributed by atoms with Crippen LogP contribution in [0.3, 0.4) is 0 Å². The quantitative estimate of drug-likeness (QED) is 0.414. The lowest BCUT2D eigenvalue weighted by Gasteiger charge is -2.08. The van der Waals surface area contributed by atoms with E-state index < -0.39 is 15.0 Å². The van der Waals surface area contributed by atoms with Crippen molar-refractivity contribution < 1.29 is 22.7 Å². The number of carbonyl (C=O) groups is 1. The Kier molecular flexibility index (Phi) is 5.29. The van der Waals surface area contributed by atoms with Gasteiger partial charge in [0.1, 0.15) is 17.2 Å². The van der Waals surface area contributed by atoms with E-state index >= 15 is 0 Å². The second-order valence-electron chi connectivity index (χ2n) is 4.89. The molecule has 21 heavy (non-hydrogen) atoms. The van der Waals surface area contributed by atoms with E-state index in [2.05, 4.69) is 0 Å². The first kappa shape index (κ1) is 16.3. The second kappa shape index (κ2) is 6.81. The SMILES string of the molecule is CCCOCCOC(=O)c1cc(S(=O)(=O)Cl)cn1C1CC1. The molecular weight excluding hydrogens is 318 g/mol. The van der Waals surface area contributed by atoms with Crippen molar-refractivity contribution in [2.45, 2.75) is 37.1 Å². The molecule has 1 saturated carbocycles. The Labute approximate surface area is 128 Å². The van der Waals surface area contributed by atoms with Crippen molar-refractivity contribution in [3.05, 3.63) is 18.0 Å². The van der Waals surface area contributed by atoms with Gasteiger partial charge in [-0.25, -0.2) is 13.2 Å². The highest BCUT2D eigenvalue weighted by atomic mass is 35.7. The Morgan fingerprint density at radius 3 is 2.67 bits per heavy atom. The van der Waals surface area contributed by atoms with E-state index in [1.54, 1.807) is 4.57 Å². The monoisotopic (exact) mass is 335 g/mol. The lowest BCUT2D eigenvalue weighted by molar-refractivity contribution is 0.0308. The van der Waals surface area contributed by atoms with Crippen LogP contribution in [0, 0.1) is 0 Å². The van der Waals surface area contributed by atoms with Gasteiger partial charge in [-0.1, -0.05) is 6.92 Å². The van der Waals surface area contributed by atoms with Crippen LogP contribution in [0.15, 0.2) is 17.2 Å². The Morgan fingerprint density at radius 2 is 2.10 bits per heavy atom. The predicted molar refractivity (Wildman–Crippen MR) is 77.1 cm³/mol. The fraction of sp³-hybridized carbons (Fsp3) is 0.615. The summed E-state index contributed by atoms with van der Waals surface area (Å²) in [5.41, 5.74) is 0.215. The van der Waals surface area contributed by atoms with Crippen molar-refractivity contribution in [1.82, 2.24) is 4.57 Å². The minimum Gasteiger partial charge on any atom is -0.459 e. The van der Waals surface area contributed by atoms with Crippen molar-refractivity contribution in [2.24, 2.45) is 0 Å². The Balaban J connectivity index is 2.04. The van der Waals surface area contributed by atoms with E-state index in [1.165, 1.54) is 12.3 Å². The molecule has 0 aromatic carbocycles.